The van der Waals surface area contributed by atoms with Gasteiger partial charge in [-0.05, 0) is 11.6 Å². The molecule has 2 heterocycles. The molecule has 6 rings (SSSR count). The van der Waals surface area contributed by atoms with E-state index < -0.39 is 0 Å². The van der Waals surface area contributed by atoms with E-state index in [2.05, 4.69) is 12.1 Å². The second-order valence-corrected chi connectivity index (χ2v) is 7.28. The molecule has 0 amide bonds. The van der Waals surface area contributed by atoms with Crippen LogP contribution in [-0.2, 0) is 6.54 Å². The van der Waals surface area contributed by atoms with Crippen LogP contribution in [0.25, 0.3) is 22.0 Å². The smallest absolute Gasteiger partial charge is 0.229 e. The fraction of sp³-hybridized carbons (Fsp3) is 0.0400. The van der Waals surface area contributed by atoms with E-state index >= 15 is 0 Å². The maximum absolute atomic E-state index is 13.3. The third kappa shape index (κ3) is 2.14. The number of nitrogens with zero attached hydrogens (tertiary/aromatic N) is 1. The summed E-state index contributed by atoms with van der Waals surface area (Å²) < 4.78 is 8.16. The van der Waals surface area contributed by atoms with Gasteiger partial charge < -0.3 is 8.98 Å². The van der Waals surface area contributed by atoms with Gasteiger partial charge in [0.25, 0.3) is 0 Å². The maximum Gasteiger partial charge on any atom is 0.229 e. The summed E-state index contributed by atoms with van der Waals surface area (Å²) in [5.74, 6) is -0.246. The minimum atomic E-state index is -0.234. The molecule has 0 N–H and O–H groups in total. The lowest BCUT2D eigenvalue weighted by molar-refractivity contribution is 0.0962. The lowest BCUT2D eigenvalue weighted by Gasteiger charge is -2.13. The van der Waals surface area contributed by atoms with Gasteiger partial charge in [0.15, 0.2) is 11.5 Å². The molecule has 0 fully saturated rings. The number of fused-ring (bicyclic) bond motifs is 6. The molecular weight excluding hydrogens is 362 g/mol. The molecule has 0 spiro atoms. The topological polar surface area (TPSA) is 52.2 Å². The molecule has 29 heavy (non-hydrogen) atoms. The summed E-state index contributed by atoms with van der Waals surface area (Å²) in [6.07, 6.45) is 0. The highest BCUT2D eigenvalue weighted by Gasteiger charge is 2.37. The number of rotatable bonds is 2. The van der Waals surface area contributed by atoms with Gasteiger partial charge in [0.1, 0.15) is 0 Å². The normalized spacial score (nSPS) is 13.1. The second kappa shape index (κ2) is 5.79. The summed E-state index contributed by atoms with van der Waals surface area (Å²) >= 11 is 0. The van der Waals surface area contributed by atoms with E-state index in [1.165, 1.54) is 0 Å². The van der Waals surface area contributed by atoms with E-state index in [4.69, 9.17) is 4.42 Å². The average Bonchev–Trinajstić information content (AvgIpc) is 3.30. The van der Waals surface area contributed by atoms with E-state index in [-0.39, 0.29) is 17.3 Å². The van der Waals surface area contributed by atoms with Crippen LogP contribution in [0.15, 0.2) is 83.3 Å². The van der Waals surface area contributed by atoms with E-state index in [0.717, 1.165) is 21.9 Å². The Morgan fingerprint density at radius 2 is 1.38 bits per heavy atom. The SMILES string of the molecule is O=C1c2ccccc2C(=O)c2c1oc1c2c2ccccc2n1Cc1ccccc1. The number of benzene rings is 3. The first kappa shape index (κ1) is 16.1. The van der Waals surface area contributed by atoms with Gasteiger partial charge in [-0.3, -0.25) is 9.59 Å². The molecule has 0 radical (unpaired) electrons. The Hall–Kier alpha value is -3.92. The van der Waals surface area contributed by atoms with Crippen LogP contribution >= 0.6 is 0 Å². The molecule has 4 heteroatoms. The Morgan fingerprint density at radius 1 is 0.724 bits per heavy atom. The van der Waals surface area contributed by atoms with Crippen molar-refractivity contribution < 1.29 is 14.0 Å². The van der Waals surface area contributed by atoms with Crippen molar-refractivity contribution in [2.45, 2.75) is 6.54 Å². The number of aromatic nitrogens is 1. The largest absolute Gasteiger partial charge is 0.435 e. The molecule has 0 atom stereocenters. The standard InChI is InChI=1S/C25H15NO3/c27-22-16-10-4-5-11-17(16)23(28)24-21(22)20-18-12-6-7-13-19(18)26(25(20)29-24)14-15-8-2-1-3-9-15/h1-13H,14H2. The van der Waals surface area contributed by atoms with Crippen LogP contribution in [0.2, 0.25) is 0 Å². The second-order valence-electron chi connectivity index (χ2n) is 7.28. The molecule has 138 valence electrons. The summed E-state index contributed by atoms with van der Waals surface area (Å²) in [5, 5.41) is 1.64. The van der Waals surface area contributed by atoms with Crippen LogP contribution in [0, 0.1) is 0 Å². The highest BCUT2D eigenvalue weighted by molar-refractivity contribution is 6.33. The van der Waals surface area contributed by atoms with Gasteiger partial charge in [0, 0.05) is 16.5 Å². The van der Waals surface area contributed by atoms with Gasteiger partial charge in [0.05, 0.1) is 23.0 Å². The molecule has 4 nitrogen and oxygen atoms in total. The van der Waals surface area contributed by atoms with Crippen LogP contribution in [-0.4, -0.2) is 16.1 Å². The number of furan rings is 1. The van der Waals surface area contributed by atoms with Crippen molar-refractivity contribution in [3.8, 4) is 0 Å². The van der Waals surface area contributed by atoms with Crippen molar-refractivity contribution in [2.24, 2.45) is 0 Å². The van der Waals surface area contributed by atoms with Crippen molar-refractivity contribution in [1.82, 2.24) is 4.57 Å². The van der Waals surface area contributed by atoms with Gasteiger partial charge in [0.2, 0.25) is 11.5 Å². The molecule has 0 unspecified atom stereocenters. The molecule has 1 aliphatic rings. The molecule has 5 aromatic rings. The average molecular weight is 377 g/mol. The maximum atomic E-state index is 13.3. The molecular formula is C25H15NO3. The zero-order chi connectivity index (χ0) is 19.5. The number of carbonyl (C=O) groups is 2. The molecule has 1 aliphatic carbocycles. The molecule has 0 saturated heterocycles. The summed E-state index contributed by atoms with van der Waals surface area (Å²) in [7, 11) is 0. The van der Waals surface area contributed by atoms with E-state index in [1.807, 2.05) is 47.0 Å². The fourth-order valence-corrected chi connectivity index (χ4v) is 4.32. The minimum absolute atomic E-state index is 0.145. The predicted octanol–water partition coefficient (Wildman–Crippen LogP) is 5.21. The first-order valence-electron chi connectivity index (χ1n) is 9.50. The van der Waals surface area contributed by atoms with Crippen molar-refractivity contribution >= 4 is 33.6 Å². The monoisotopic (exact) mass is 377 g/mol. The first-order chi connectivity index (χ1) is 14.2. The van der Waals surface area contributed by atoms with E-state index in [0.29, 0.717) is 28.9 Å². The molecule has 0 saturated carbocycles. The van der Waals surface area contributed by atoms with Crippen molar-refractivity contribution in [2.75, 3.05) is 0 Å². The molecule has 0 aliphatic heterocycles. The van der Waals surface area contributed by atoms with Gasteiger partial charge in [-0.15, -0.1) is 0 Å². The van der Waals surface area contributed by atoms with Gasteiger partial charge in [-0.25, -0.2) is 0 Å². The Bertz CT molecular complexity index is 1450. The first-order valence-corrected chi connectivity index (χ1v) is 9.50. The van der Waals surface area contributed by atoms with Crippen molar-refractivity contribution in [3.63, 3.8) is 0 Å². The van der Waals surface area contributed by atoms with E-state index in [1.54, 1.807) is 24.3 Å². The fourth-order valence-electron chi connectivity index (χ4n) is 4.32. The van der Waals surface area contributed by atoms with Crippen LogP contribution in [0.3, 0.4) is 0 Å². The Kier molecular flexibility index (Phi) is 3.21. The zero-order valence-corrected chi connectivity index (χ0v) is 15.4. The van der Waals surface area contributed by atoms with Crippen molar-refractivity contribution in [3.05, 3.63) is 107 Å². The van der Waals surface area contributed by atoms with Crippen LogP contribution in [0.1, 0.15) is 37.6 Å². The third-order valence-electron chi connectivity index (χ3n) is 5.63. The molecule has 2 aromatic heterocycles. The van der Waals surface area contributed by atoms with Crippen LogP contribution in [0.4, 0.5) is 0 Å². The van der Waals surface area contributed by atoms with Crippen LogP contribution < -0.4 is 0 Å². The van der Waals surface area contributed by atoms with Gasteiger partial charge in [-0.1, -0.05) is 72.8 Å². The van der Waals surface area contributed by atoms with Crippen LogP contribution in [0.5, 0.6) is 0 Å². The summed E-state index contributed by atoms with van der Waals surface area (Å²) in [6.45, 7) is 0.590. The summed E-state index contributed by atoms with van der Waals surface area (Å²) in [6, 6.07) is 24.9. The number of hydrogen-bond acceptors (Lipinski definition) is 3. The highest BCUT2D eigenvalue weighted by Crippen LogP contribution is 2.40. The van der Waals surface area contributed by atoms with Gasteiger partial charge >= 0.3 is 0 Å². The zero-order valence-electron chi connectivity index (χ0n) is 15.4. The van der Waals surface area contributed by atoms with E-state index in [9.17, 15) is 9.59 Å². The van der Waals surface area contributed by atoms with Gasteiger partial charge in [-0.2, -0.15) is 0 Å². The Balaban J connectivity index is 1.69. The number of ketones is 2. The quantitative estimate of drug-likeness (QED) is 0.416. The molecule has 3 aromatic carbocycles. The number of carbonyl (C=O) groups excluding carboxylic acids is 2. The number of para-hydroxylation sites is 1. The minimum Gasteiger partial charge on any atom is -0.435 e. The number of hydrogen-bond donors (Lipinski definition) is 0. The van der Waals surface area contributed by atoms with Crippen molar-refractivity contribution in [1.29, 1.82) is 0 Å². The Morgan fingerprint density at radius 3 is 2.17 bits per heavy atom. The Labute approximate surface area is 166 Å². The molecule has 0 bridgehead atoms. The lowest BCUT2D eigenvalue weighted by Crippen LogP contribution is -2.19. The lowest BCUT2D eigenvalue weighted by atomic mass is 9.87. The third-order valence-corrected chi connectivity index (χ3v) is 5.63. The summed E-state index contributed by atoms with van der Waals surface area (Å²) in [5.41, 5.74) is 3.88. The summed E-state index contributed by atoms with van der Waals surface area (Å²) in [4.78, 5) is 26.4. The predicted molar refractivity (Wildman–Crippen MR) is 111 cm³/mol. The highest BCUT2D eigenvalue weighted by atomic mass is 16.4.